The largest absolute Gasteiger partial charge is 0.462 e. The smallest absolute Gasteiger partial charge is 0.333 e. The Balaban J connectivity index is 2.32. The highest BCUT2D eigenvalue weighted by molar-refractivity contribution is 5.88. The molecule has 1 rings (SSSR count). The van der Waals surface area contributed by atoms with Crippen molar-refractivity contribution in [3.63, 3.8) is 0 Å². The molecule has 1 fully saturated rings. The molecular weight excluding hydrogens is 164 g/mol. The van der Waals surface area contributed by atoms with E-state index in [0.29, 0.717) is 18.1 Å². The Labute approximate surface area is 80.0 Å². The van der Waals surface area contributed by atoms with E-state index in [9.17, 15) is 4.79 Å². The highest BCUT2D eigenvalue weighted by atomic mass is 16.5. The van der Waals surface area contributed by atoms with Gasteiger partial charge < -0.3 is 4.74 Å². The van der Waals surface area contributed by atoms with E-state index >= 15 is 0 Å². The van der Waals surface area contributed by atoms with Gasteiger partial charge in [0.25, 0.3) is 0 Å². The minimum Gasteiger partial charge on any atom is -0.462 e. The van der Waals surface area contributed by atoms with Crippen LogP contribution in [0, 0.1) is 5.92 Å². The lowest BCUT2D eigenvalue weighted by Gasteiger charge is -2.11. The number of hydrogen-bond acceptors (Lipinski definition) is 2. The third kappa shape index (κ3) is 2.87. The van der Waals surface area contributed by atoms with Crippen molar-refractivity contribution in [3.8, 4) is 0 Å². The van der Waals surface area contributed by atoms with Crippen molar-refractivity contribution < 1.29 is 9.53 Å². The third-order valence-electron chi connectivity index (χ3n) is 2.55. The van der Waals surface area contributed by atoms with Crippen LogP contribution in [0.5, 0.6) is 0 Å². The first kappa shape index (κ1) is 10.3. The molecule has 0 bridgehead atoms. The summed E-state index contributed by atoms with van der Waals surface area (Å²) in [6.45, 7) is 6.33. The highest BCUT2D eigenvalue weighted by Gasteiger charge is 2.23. The van der Waals surface area contributed by atoms with E-state index in [1.54, 1.807) is 0 Å². The molecule has 0 unspecified atom stereocenters. The van der Waals surface area contributed by atoms with Gasteiger partial charge in [0.1, 0.15) is 0 Å². The summed E-state index contributed by atoms with van der Waals surface area (Å²) in [6, 6.07) is 0. The van der Waals surface area contributed by atoms with Crippen molar-refractivity contribution in [2.45, 2.75) is 39.0 Å². The summed E-state index contributed by atoms with van der Waals surface area (Å²) in [4.78, 5) is 11.4. The molecule has 0 aromatic carbocycles. The fourth-order valence-electron chi connectivity index (χ4n) is 1.73. The molecule has 2 nitrogen and oxygen atoms in total. The van der Waals surface area contributed by atoms with Gasteiger partial charge in [0.05, 0.1) is 6.61 Å². The van der Waals surface area contributed by atoms with Gasteiger partial charge in [-0.3, -0.25) is 0 Å². The van der Waals surface area contributed by atoms with Crippen molar-refractivity contribution in [2.75, 3.05) is 6.61 Å². The predicted molar refractivity (Wildman–Crippen MR) is 52.3 cm³/mol. The van der Waals surface area contributed by atoms with Crippen LogP contribution in [0.1, 0.15) is 39.0 Å². The molecule has 0 aliphatic heterocycles. The zero-order chi connectivity index (χ0) is 9.68. The zero-order valence-corrected chi connectivity index (χ0v) is 8.34. The molecule has 0 heterocycles. The Morgan fingerprint density at radius 3 is 2.62 bits per heavy atom. The molecule has 2 heteroatoms. The second kappa shape index (κ2) is 5.05. The van der Waals surface area contributed by atoms with Crippen molar-refractivity contribution >= 4 is 5.97 Å². The standard InChI is InChI=1S/C11H18O2/c1-3-8-13-11(12)9(2)10-6-4-5-7-10/h10H,2-8H2,1H3. The molecular formula is C11H18O2. The quantitative estimate of drug-likeness (QED) is 0.493. The third-order valence-corrected chi connectivity index (χ3v) is 2.55. The van der Waals surface area contributed by atoms with Crippen molar-refractivity contribution in [1.82, 2.24) is 0 Å². The van der Waals surface area contributed by atoms with Crippen molar-refractivity contribution in [2.24, 2.45) is 5.92 Å². The lowest BCUT2D eigenvalue weighted by molar-refractivity contribution is -0.139. The van der Waals surface area contributed by atoms with Crippen LogP contribution in [-0.2, 0) is 9.53 Å². The highest BCUT2D eigenvalue weighted by Crippen LogP contribution is 2.30. The van der Waals surface area contributed by atoms with Gasteiger partial charge in [-0.25, -0.2) is 4.79 Å². The van der Waals surface area contributed by atoms with Gasteiger partial charge in [0, 0.05) is 5.57 Å². The Hall–Kier alpha value is -0.790. The molecule has 1 aliphatic rings. The molecule has 1 aliphatic carbocycles. The lowest BCUT2D eigenvalue weighted by Crippen LogP contribution is -2.13. The second-order valence-corrected chi connectivity index (χ2v) is 3.64. The van der Waals surface area contributed by atoms with E-state index in [0.717, 1.165) is 19.3 Å². The van der Waals surface area contributed by atoms with Gasteiger partial charge in [-0.05, 0) is 25.2 Å². The van der Waals surface area contributed by atoms with Crippen LogP contribution >= 0.6 is 0 Å². The second-order valence-electron chi connectivity index (χ2n) is 3.64. The molecule has 0 aromatic rings. The predicted octanol–water partition coefficient (Wildman–Crippen LogP) is 2.69. The van der Waals surface area contributed by atoms with Gasteiger partial charge in [-0.2, -0.15) is 0 Å². The fourth-order valence-corrected chi connectivity index (χ4v) is 1.73. The van der Waals surface area contributed by atoms with E-state index < -0.39 is 0 Å². The molecule has 0 saturated heterocycles. The average Bonchev–Trinajstić information content (AvgIpc) is 2.65. The topological polar surface area (TPSA) is 26.3 Å². The van der Waals surface area contributed by atoms with Crippen LogP contribution in [0.15, 0.2) is 12.2 Å². The molecule has 1 saturated carbocycles. The van der Waals surface area contributed by atoms with E-state index in [4.69, 9.17) is 4.74 Å². The van der Waals surface area contributed by atoms with Gasteiger partial charge >= 0.3 is 5.97 Å². The number of rotatable bonds is 4. The molecule has 0 aromatic heterocycles. The first-order chi connectivity index (χ1) is 6.25. The molecule has 13 heavy (non-hydrogen) atoms. The number of carbonyl (C=O) groups excluding carboxylic acids is 1. The first-order valence-corrected chi connectivity index (χ1v) is 5.11. The minimum atomic E-state index is -0.186. The van der Waals surface area contributed by atoms with Crippen molar-refractivity contribution in [1.29, 1.82) is 0 Å². The van der Waals surface area contributed by atoms with Crippen LogP contribution in [0.3, 0.4) is 0 Å². The summed E-state index contributed by atoms with van der Waals surface area (Å²) < 4.78 is 5.03. The summed E-state index contributed by atoms with van der Waals surface area (Å²) in [7, 11) is 0. The maximum absolute atomic E-state index is 11.4. The molecule has 0 spiro atoms. The fraction of sp³-hybridized carbons (Fsp3) is 0.727. The minimum absolute atomic E-state index is 0.186. The van der Waals surface area contributed by atoms with E-state index in [-0.39, 0.29) is 5.97 Å². The summed E-state index contributed by atoms with van der Waals surface area (Å²) in [5.74, 6) is 0.207. The normalized spacial score (nSPS) is 17.3. The summed E-state index contributed by atoms with van der Waals surface area (Å²) in [6.07, 6.45) is 5.55. The number of ether oxygens (including phenoxy) is 1. The van der Waals surface area contributed by atoms with Crippen LogP contribution in [-0.4, -0.2) is 12.6 Å². The first-order valence-electron chi connectivity index (χ1n) is 5.11. The summed E-state index contributed by atoms with van der Waals surface area (Å²) in [5.41, 5.74) is 0.686. The molecule has 0 amide bonds. The Bertz CT molecular complexity index is 190. The van der Waals surface area contributed by atoms with Crippen LogP contribution in [0.25, 0.3) is 0 Å². The summed E-state index contributed by atoms with van der Waals surface area (Å²) >= 11 is 0. The molecule has 0 N–H and O–H groups in total. The number of hydrogen-bond donors (Lipinski definition) is 0. The van der Waals surface area contributed by atoms with Crippen molar-refractivity contribution in [3.05, 3.63) is 12.2 Å². The average molecular weight is 182 g/mol. The maximum atomic E-state index is 11.4. The lowest BCUT2D eigenvalue weighted by atomic mass is 9.99. The van der Waals surface area contributed by atoms with E-state index in [1.807, 2.05) is 6.92 Å². The molecule has 74 valence electrons. The van der Waals surface area contributed by atoms with E-state index in [1.165, 1.54) is 12.8 Å². The Kier molecular flexibility index (Phi) is 4.00. The van der Waals surface area contributed by atoms with Crippen LogP contribution < -0.4 is 0 Å². The zero-order valence-electron chi connectivity index (χ0n) is 8.34. The Morgan fingerprint density at radius 2 is 2.08 bits per heavy atom. The maximum Gasteiger partial charge on any atom is 0.333 e. The van der Waals surface area contributed by atoms with Crippen LogP contribution in [0.2, 0.25) is 0 Å². The van der Waals surface area contributed by atoms with Gasteiger partial charge in [0.2, 0.25) is 0 Å². The SMILES string of the molecule is C=C(C(=O)OCCC)C1CCCC1. The van der Waals surface area contributed by atoms with Crippen LogP contribution in [0.4, 0.5) is 0 Å². The Morgan fingerprint density at radius 1 is 1.46 bits per heavy atom. The number of carbonyl (C=O) groups is 1. The van der Waals surface area contributed by atoms with Gasteiger partial charge in [0.15, 0.2) is 0 Å². The van der Waals surface area contributed by atoms with E-state index in [2.05, 4.69) is 6.58 Å². The van der Waals surface area contributed by atoms with Gasteiger partial charge in [-0.1, -0.05) is 26.3 Å². The molecule has 0 atom stereocenters. The summed E-state index contributed by atoms with van der Waals surface area (Å²) in [5, 5.41) is 0. The number of esters is 1. The molecule has 0 radical (unpaired) electrons. The monoisotopic (exact) mass is 182 g/mol. The van der Waals surface area contributed by atoms with Gasteiger partial charge in [-0.15, -0.1) is 0 Å².